The molecule has 0 aliphatic carbocycles. The van der Waals surface area contributed by atoms with Crippen LogP contribution >= 0.6 is 11.3 Å². The molecule has 6 nitrogen and oxygen atoms in total. The third-order valence-corrected chi connectivity index (χ3v) is 4.00. The van der Waals surface area contributed by atoms with Crippen molar-refractivity contribution in [1.82, 2.24) is 0 Å². The number of nitro groups is 1. The van der Waals surface area contributed by atoms with Crippen LogP contribution in [-0.4, -0.2) is 17.1 Å². The van der Waals surface area contributed by atoms with E-state index in [0.29, 0.717) is 16.4 Å². The molecule has 0 saturated carbocycles. The summed E-state index contributed by atoms with van der Waals surface area (Å²) in [5.41, 5.74) is 0.822. The molecule has 1 aromatic heterocycles. The third kappa shape index (κ3) is 3.32. The smallest absolute Gasteiger partial charge is 0.323 e. The Hall–Kier alpha value is -2.12. The maximum atomic E-state index is 11.1. The van der Waals surface area contributed by atoms with E-state index in [4.69, 9.17) is 9.47 Å². The lowest BCUT2D eigenvalue weighted by atomic mass is 10.2. The van der Waals surface area contributed by atoms with Gasteiger partial charge in [-0.25, -0.2) is 0 Å². The lowest BCUT2D eigenvalue weighted by Gasteiger charge is -2.09. The van der Waals surface area contributed by atoms with Crippen LogP contribution in [0.4, 0.5) is 5.69 Å². The highest BCUT2D eigenvalue weighted by Gasteiger charge is 2.24. The fourth-order valence-electron chi connectivity index (χ4n) is 1.75. The van der Waals surface area contributed by atoms with Gasteiger partial charge in [-0.3, -0.25) is 10.1 Å². The first-order chi connectivity index (χ1) is 9.92. The number of methoxy groups -OCH3 is 1. The number of nitrogens with zero attached hydrogens (tertiary/aromatic N) is 1. The Bertz CT molecular complexity index is 665. The highest BCUT2D eigenvalue weighted by atomic mass is 32.1. The van der Waals surface area contributed by atoms with Gasteiger partial charge in [-0.15, -0.1) is 0 Å². The van der Waals surface area contributed by atoms with Crippen LogP contribution in [0.5, 0.6) is 16.6 Å². The van der Waals surface area contributed by atoms with Crippen molar-refractivity contribution in [3.05, 3.63) is 44.8 Å². The van der Waals surface area contributed by atoms with E-state index in [1.54, 1.807) is 19.1 Å². The van der Waals surface area contributed by atoms with E-state index in [1.165, 1.54) is 13.2 Å². The monoisotopic (exact) mass is 309 g/mol. The van der Waals surface area contributed by atoms with E-state index in [1.807, 2.05) is 13.0 Å². The largest absolute Gasteiger partial charge is 0.493 e. The Kier molecular flexibility index (Phi) is 4.44. The minimum atomic E-state index is -0.786. The molecule has 1 atom stereocenters. The first-order valence-corrected chi connectivity index (χ1v) is 7.02. The Morgan fingerprint density at radius 2 is 2.05 bits per heavy atom. The zero-order valence-corrected chi connectivity index (χ0v) is 12.6. The first-order valence-electron chi connectivity index (χ1n) is 6.21. The summed E-state index contributed by atoms with van der Waals surface area (Å²) in [4.78, 5) is 11.0. The molecule has 112 valence electrons. The van der Waals surface area contributed by atoms with E-state index in [2.05, 4.69) is 0 Å². The Balaban J connectivity index is 2.41. The molecule has 7 heteroatoms. The minimum absolute atomic E-state index is 0.123. The van der Waals surface area contributed by atoms with Crippen LogP contribution in [0.15, 0.2) is 24.3 Å². The van der Waals surface area contributed by atoms with Gasteiger partial charge < -0.3 is 14.6 Å². The summed E-state index contributed by atoms with van der Waals surface area (Å²) < 4.78 is 10.8. The maximum Gasteiger partial charge on any atom is 0.323 e. The number of benzene rings is 1. The van der Waals surface area contributed by atoms with Gasteiger partial charge in [0.25, 0.3) is 5.06 Å². The van der Waals surface area contributed by atoms with Gasteiger partial charge in [0.05, 0.1) is 18.1 Å². The minimum Gasteiger partial charge on any atom is -0.493 e. The van der Waals surface area contributed by atoms with Crippen molar-refractivity contribution in [2.45, 2.75) is 20.0 Å². The fraction of sp³-hybridized carbons (Fsp3) is 0.286. The molecular weight excluding hydrogens is 294 g/mol. The second kappa shape index (κ2) is 6.11. The topological polar surface area (TPSA) is 81.8 Å². The summed E-state index contributed by atoms with van der Waals surface area (Å²) >= 11 is 1.04. The fourth-order valence-corrected chi connectivity index (χ4v) is 2.67. The van der Waals surface area contributed by atoms with Crippen molar-refractivity contribution in [2.75, 3.05) is 7.11 Å². The number of hydrogen-bond acceptors (Lipinski definition) is 6. The lowest BCUT2D eigenvalue weighted by molar-refractivity contribution is -0.385. The van der Waals surface area contributed by atoms with E-state index < -0.39 is 11.0 Å². The van der Waals surface area contributed by atoms with Crippen molar-refractivity contribution in [3.8, 4) is 16.6 Å². The number of aryl methyl sites for hydroxylation is 1. The van der Waals surface area contributed by atoms with Gasteiger partial charge in [-0.2, -0.15) is 0 Å². The summed E-state index contributed by atoms with van der Waals surface area (Å²) in [6.07, 6.45) is -0.786. The number of aliphatic hydroxyl groups excluding tert-OH is 1. The van der Waals surface area contributed by atoms with Crippen LogP contribution in [0, 0.1) is 17.0 Å². The van der Waals surface area contributed by atoms with Crippen LogP contribution < -0.4 is 9.47 Å². The van der Waals surface area contributed by atoms with Crippen molar-refractivity contribution in [1.29, 1.82) is 0 Å². The number of hydrogen-bond donors (Lipinski definition) is 1. The lowest BCUT2D eigenvalue weighted by Crippen LogP contribution is -1.92. The van der Waals surface area contributed by atoms with Crippen LogP contribution in [-0.2, 0) is 0 Å². The van der Waals surface area contributed by atoms with Gasteiger partial charge in [0.1, 0.15) is 0 Å². The van der Waals surface area contributed by atoms with Crippen LogP contribution in [0.3, 0.4) is 0 Å². The maximum absolute atomic E-state index is 11.1. The van der Waals surface area contributed by atoms with Crippen LogP contribution in [0.1, 0.15) is 23.5 Å². The molecule has 1 N–H and O–H groups in total. The normalized spacial score (nSPS) is 12.0. The van der Waals surface area contributed by atoms with Crippen molar-refractivity contribution < 1.29 is 19.5 Å². The predicted molar refractivity (Wildman–Crippen MR) is 79.4 cm³/mol. The highest BCUT2D eigenvalue weighted by molar-refractivity contribution is 7.14. The molecule has 0 aliphatic rings. The van der Waals surface area contributed by atoms with Crippen molar-refractivity contribution >= 4 is 17.0 Å². The summed E-state index contributed by atoms with van der Waals surface area (Å²) in [7, 11) is 1.51. The number of ether oxygens (including phenoxy) is 2. The predicted octanol–water partition coefficient (Wildman–Crippen LogP) is 3.82. The summed E-state index contributed by atoms with van der Waals surface area (Å²) in [6, 6.07) is 6.63. The molecule has 0 aliphatic heterocycles. The summed E-state index contributed by atoms with van der Waals surface area (Å²) in [6.45, 7) is 3.46. The van der Waals surface area contributed by atoms with Crippen LogP contribution in [0.2, 0.25) is 0 Å². The molecule has 0 amide bonds. The molecule has 0 radical (unpaired) electrons. The SMILES string of the molecule is COc1cc(C)ccc1Oc1sc([C@H](C)O)cc1[N+](=O)[O-]. The van der Waals surface area contributed by atoms with E-state index >= 15 is 0 Å². The zero-order chi connectivity index (χ0) is 15.6. The highest BCUT2D eigenvalue weighted by Crippen LogP contribution is 2.43. The van der Waals surface area contributed by atoms with E-state index in [-0.39, 0.29) is 10.8 Å². The number of thiophene rings is 1. The molecule has 0 unspecified atom stereocenters. The molecule has 0 fully saturated rings. The molecule has 2 rings (SSSR count). The number of rotatable bonds is 5. The van der Waals surface area contributed by atoms with Gasteiger partial charge in [-0.05, 0) is 31.5 Å². The van der Waals surface area contributed by atoms with Crippen LogP contribution in [0.25, 0.3) is 0 Å². The average molecular weight is 309 g/mol. The van der Waals surface area contributed by atoms with Crippen molar-refractivity contribution in [3.63, 3.8) is 0 Å². The molecule has 0 spiro atoms. The number of aliphatic hydroxyl groups is 1. The quantitative estimate of drug-likeness (QED) is 0.670. The van der Waals surface area contributed by atoms with E-state index in [9.17, 15) is 15.2 Å². The standard InChI is InChI=1S/C14H15NO5S/c1-8-4-5-11(12(6-8)19-3)20-14-10(15(17)18)7-13(21-14)9(2)16/h4-7,9,16H,1-3H3/t9-/m0/s1. The molecule has 0 bridgehead atoms. The Labute approximate surface area is 125 Å². The molecule has 1 aromatic carbocycles. The first kappa shape index (κ1) is 15.3. The average Bonchev–Trinajstić information content (AvgIpc) is 2.85. The molecule has 0 saturated heterocycles. The molecular formula is C14H15NO5S. The second-order valence-corrected chi connectivity index (χ2v) is 5.56. The zero-order valence-electron chi connectivity index (χ0n) is 11.8. The Morgan fingerprint density at radius 1 is 1.33 bits per heavy atom. The summed E-state index contributed by atoms with van der Waals surface area (Å²) in [5, 5.41) is 20.8. The van der Waals surface area contributed by atoms with E-state index in [0.717, 1.165) is 16.9 Å². The third-order valence-electron chi connectivity index (χ3n) is 2.83. The molecule has 1 heterocycles. The van der Waals surface area contributed by atoms with Gasteiger partial charge in [0.2, 0.25) is 0 Å². The Morgan fingerprint density at radius 3 is 2.62 bits per heavy atom. The summed E-state index contributed by atoms with van der Waals surface area (Å²) in [5.74, 6) is 0.890. The molecule has 2 aromatic rings. The van der Waals surface area contributed by atoms with Gasteiger partial charge >= 0.3 is 5.69 Å². The molecule has 21 heavy (non-hydrogen) atoms. The van der Waals surface area contributed by atoms with Gasteiger partial charge in [0, 0.05) is 10.9 Å². The second-order valence-electron chi connectivity index (χ2n) is 4.51. The van der Waals surface area contributed by atoms with Crippen molar-refractivity contribution in [2.24, 2.45) is 0 Å². The van der Waals surface area contributed by atoms with Gasteiger partial charge in [-0.1, -0.05) is 17.4 Å². The van der Waals surface area contributed by atoms with Gasteiger partial charge in [0.15, 0.2) is 11.5 Å².